The van der Waals surface area contributed by atoms with E-state index in [1.807, 2.05) is 19.1 Å². The summed E-state index contributed by atoms with van der Waals surface area (Å²) in [7, 11) is 0. The molecule has 0 bridgehead atoms. The Kier molecular flexibility index (Phi) is 5.70. The van der Waals surface area contributed by atoms with Crippen LogP contribution in [-0.4, -0.2) is 36.6 Å². The van der Waals surface area contributed by atoms with E-state index in [1.165, 1.54) is 0 Å². The van der Waals surface area contributed by atoms with E-state index in [-0.39, 0.29) is 0 Å². The van der Waals surface area contributed by atoms with E-state index >= 15 is 0 Å². The summed E-state index contributed by atoms with van der Waals surface area (Å²) in [4.78, 5) is 0. The van der Waals surface area contributed by atoms with Gasteiger partial charge in [0, 0.05) is 39.1 Å². The average molecular weight is 319 g/mol. The van der Waals surface area contributed by atoms with E-state index in [2.05, 4.69) is 0 Å². The normalized spacial score (nSPS) is 19.8. The highest BCUT2D eigenvalue weighted by atomic mass is 35.5. The molecule has 0 spiro atoms. The molecule has 0 saturated carbocycles. The summed E-state index contributed by atoms with van der Waals surface area (Å²) in [5.41, 5.74) is 0.302. The van der Waals surface area contributed by atoms with Crippen LogP contribution >= 0.6 is 23.2 Å². The molecule has 0 amide bonds. The van der Waals surface area contributed by atoms with Crippen molar-refractivity contribution >= 4 is 23.2 Å². The summed E-state index contributed by atoms with van der Waals surface area (Å²) in [5.74, 6) is 0. The fraction of sp³-hybridized carbons (Fsp3) is 0.600. The van der Waals surface area contributed by atoms with E-state index in [0.717, 1.165) is 5.56 Å². The first-order valence-electron chi connectivity index (χ1n) is 6.92. The number of ether oxygens (including phenoxy) is 2. The van der Waals surface area contributed by atoms with Crippen LogP contribution in [0.2, 0.25) is 10.0 Å². The van der Waals surface area contributed by atoms with E-state index < -0.39 is 11.7 Å². The summed E-state index contributed by atoms with van der Waals surface area (Å²) in [5, 5.41) is 11.7. The molecule has 1 aromatic rings. The molecule has 1 atom stereocenters. The Hall–Kier alpha value is -0.320. The van der Waals surface area contributed by atoms with Gasteiger partial charge in [0.15, 0.2) is 0 Å². The number of halogens is 2. The van der Waals surface area contributed by atoms with E-state index in [9.17, 15) is 5.11 Å². The van der Waals surface area contributed by atoms with Gasteiger partial charge >= 0.3 is 0 Å². The Morgan fingerprint density at radius 3 is 2.70 bits per heavy atom. The van der Waals surface area contributed by atoms with Gasteiger partial charge in [-0.25, -0.2) is 0 Å². The van der Waals surface area contributed by atoms with Crippen molar-refractivity contribution in [2.45, 2.75) is 37.9 Å². The summed E-state index contributed by atoms with van der Waals surface area (Å²) in [6.45, 7) is 3.73. The van der Waals surface area contributed by atoms with Gasteiger partial charge in [-0.2, -0.15) is 0 Å². The Balaban J connectivity index is 2.15. The third kappa shape index (κ3) is 3.46. The van der Waals surface area contributed by atoms with E-state index in [0.29, 0.717) is 49.1 Å². The van der Waals surface area contributed by atoms with Gasteiger partial charge in [0.25, 0.3) is 0 Å². The molecule has 1 unspecified atom stereocenters. The van der Waals surface area contributed by atoms with Crippen molar-refractivity contribution in [2.24, 2.45) is 0 Å². The van der Waals surface area contributed by atoms with Crippen molar-refractivity contribution in [3.8, 4) is 0 Å². The molecule has 1 saturated heterocycles. The molecule has 0 aliphatic carbocycles. The van der Waals surface area contributed by atoms with Gasteiger partial charge in [-0.15, -0.1) is 0 Å². The number of aliphatic hydroxyl groups is 1. The van der Waals surface area contributed by atoms with Gasteiger partial charge in [0.1, 0.15) is 0 Å². The van der Waals surface area contributed by atoms with Gasteiger partial charge in [0.05, 0.1) is 21.8 Å². The lowest BCUT2D eigenvalue weighted by Gasteiger charge is -2.40. The van der Waals surface area contributed by atoms with Crippen LogP contribution in [0.3, 0.4) is 0 Å². The molecule has 0 radical (unpaired) electrons. The van der Waals surface area contributed by atoms with E-state index in [1.54, 1.807) is 6.07 Å². The van der Waals surface area contributed by atoms with Gasteiger partial charge < -0.3 is 14.6 Å². The van der Waals surface area contributed by atoms with Crippen LogP contribution in [0.1, 0.15) is 25.3 Å². The third-order valence-corrected chi connectivity index (χ3v) is 4.68. The first-order chi connectivity index (χ1) is 9.59. The quantitative estimate of drug-likeness (QED) is 0.903. The number of hydrogen-bond acceptors (Lipinski definition) is 3. The van der Waals surface area contributed by atoms with Crippen LogP contribution in [0.25, 0.3) is 0 Å². The Morgan fingerprint density at radius 1 is 1.35 bits per heavy atom. The molecule has 0 aromatic heterocycles. The van der Waals surface area contributed by atoms with E-state index in [4.69, 9.17) is 32.7 Å². The maximum atomic E-state index is 10.6. The molecule has 1 aliphatic rings. The van der Waals surface area contributed by atoms with Crippen molar-refractivity contribution in [3.63, 3.8) is 0 Å². The number of hydrogen-bond donors (Lipinski definition) is 1. The fourth-order valence-corrected chi connectivity index (χ4v) is 3.08. The molecule has 1 heterocycles. The van der Waals surface area contributed by atoms with Crippen LogP contribution in [-0.2, 0) is 15.9 Å². The largest absolute Gasteiger partial charge is 0.390 e. The third-order valence-electron chi connectivity index (χ3n) is 3.82. The van der Waals surface area contributed by atoms with Crippen LogP contribution in [0, 0.1) is 0 Å². The molecule has 20 heavy (non-hydrogen) atoms. The van der Waals surface area contributed by atoms with Crippen molar-refractivity contribution in [2.75, 3.05) is 19.8 Å². The first-order valence-corrected chi connectivity index (χ1v) is 7.67. The van der Waals surface area contributed by atoms with Gasteiger partial charge in [-0.05, 0) is 18.6 Å². The maximum absolute atomic E-state index is 10.6. The van der Waals surface area contributed by atoms with Crippen LogP contribution in [0.15, 0.2) is 18.2 Å². The summed E-state index contributed by atoms with van der Waals surface area (Å²) >= 11 is 12.2. The minimum absolute atomic E-state index is 0.430. The molecule has 112 valence electrons. The molecule has 1 aliphatic heterocycles. The second-order valence-corrected chi connectivity index (χ2v) is 5.83. The maximum Gasteiger partial charge on any atom is 0.0987 e. The van der Waals surface area contributed by atoms with Gasteiger partial charge in [-0.3, -0.25) is 0 Å². The molecule has 3 nitrogen and oxygen atoms in total. The Labute approximate surface area is 129 Å². The lowest BCUT2D eigenvalue weighted by Crippen LogP contribution is -2.50. The Bertz CT molecular complexity index is 439. The second-order valence-electron chi connectivity index (χ2n) is 5.04. The predicted molar refractivity (Wildman–Crippen MR) is 80.6 cm³/mol. The minimum atomic E-state index is -0.623. The molecule has 5 heteroatoms. The first kappa shape index (κ1) is 16.1. The van der Waals surface area contributed by atoms with Crippen molar-refractivity contribution in [1.82, 2.24) is 0 Å². The summed E-state index contributed by atoms with van der Waals surface area (Å²) < 4.78 is 11.2. The smallest absolute Gasteiger partial charge is 0.0987 e. The van der Waals surface area contributed by atoms with Crippen LogP contribution in [0.5, 0.6) is 0 Å². The zero-order chi connectivity index (χ0) is 14.6. The minimum Gasteiger partial charge on any atom is -0.390 e. The highest BCUT2D eigenvalue weighted by molar-refractivity contribution is 6.42. The molecular formula is C15H20Cl2O3. The number of aliphatic hydroxyl groups excluding tert-OH is 1. The standard InChI is InChI=1S/C15H20Cl2O3/c1-2-20-15(6-8-19-9-7-15)13(18)10-11-4-3-5-12(16)14(11)17/h3-5,13,18H,2,6-10H2,1H3. The van der Waals surface area contributed by atoms with Crippen molar-refractivity contribution in [1.29, 1.82) is 0 Å². The van der Waals surface area contributed by atoms with Crippen molar-refractivity contribution < 1.29 is 14.6 Å². The van der Waals surface area contributed by atoms with Crippen LogP contribution in [0.4, 0.5) is 0 Å². The van der Waals surface area contributed by atoms with Gasteiger partial charge in [0.2, 0.25) is 0 Å². The molecular weight excluding hydrogens is 299 g/mol. The highest BCUT2D eigenvalue weighted by Crippen LogP contribution is 2.33. The zero-order valence-corrected chi connectivity index (χ0v) is 13.1. The van der Waals surface area contributed by atoms with Gasteiger partial charge in [-0.1, -0.05) is 35.3 Å². The monoisotopic (exact) mass is 318 g/mol. The highest BCUT2D eigenvalue weighted by Gasteiger charge is 2.40. The Morgan fingerprint density at radius 2 is 2.05 bits per heavy atom. The summed E-state index contributed by atoms with van der Waals surface area (Å²) in [6, 6.07) is 5.47. The molecule has 1 N–H and O–H groups in total. The zero-order valence-electron chi connectivity index (χ0n) is 11.6. The van der Waals surface area contributed by atoms with Crippen molar-refractivity contribution in [3.05, 3.63) is 33.8 Å². The molecule has 1 aromatic carbocycles. The number of benzene rings is 1. The molecule has 1 fully saturated rings. The summed E-state index contributed by atoms with van der Waals surface area (Å²) in [6.07, 6.45) is 1.20. The van der Waals surface area contributed by atoms with Crippen LogP contribution < -0.4 is 0 Å². The SMILES string of the molecule is CCOC1(C(O)Cc2cccc(Cl)c2Cl)CCOCC1. The lowest BCUT2D eigenvalue weighted by atomic mass is 9.84. The second kappa shape index (κ2) is 7.10. The fourth-order valence-electron chi connectivity index (χ4n) is 2.68. The number of rotatable bonds is 5. The topological polar surface area (TPSA) is 38.7 Å². The average Bonchev–Trinajstić information content (AvgIpc) is 2.45. The molecule has 2 rings (SSSR count). The predicted octanol–water partition coefficient (Wildman–Crippen LogP) is 3.48. The lowest BCUT2D eigenvalue weighted by molar-refractivity contribution is -0.165.